The Morgan fingerprint density at radius 3 is 2.59 bits per heavy atom. The van der Waals surface area contributed by atoms with Gasteiger partial charge in [-0.2, -0.15) is 0 Å². The molecule has 0 radical (unpaired) electrons. The molecule has 8 heteroatoms. The van der Waals surface area contributed by atoms with Crippen molar-refractivity contribution in [2.45, 2.75) is 11.4 Å². The first-order chi connectivity index (χ1) is 15.4. The fourth-order valence-corrected chi connectivity index (χ4v) is 5.97. The number of nitrogens with zero attached hydrogens (tertiary/aromatic N) is 2. The van der Waals surface area contributed by atoms with Crippen molar-refractivity contribution < 1.29 is 18.4 Å². The molecule has 1 unspecified atom stereocenters. The molecule has 5 rings (SSSR count). The molecule has 0 aromatic heterocycles. The van der Waals surface area contributed by atoms with Crippen LogP contribution in [0.1, 0.15) is 21.5 Å². The minimum Gasteiger partial charge on any atom is -0.311 e. The van der Waals surface area contributed by atoms with Crippen molar-refractivity contribution in [2.75, 3.05) is 17.2 Å². The highest BCUT2D eigenvalue weighted by Gasteiger charge is 2.59. The van der Waals surface area contributed by atoms with E-state index in [0.717, 1.165) is 5.56 Å². The molecule has 3 aromatic rings. The zero-order valence-corrected chi connectivity index (χ0v) is 18.3. The van der Waals surface area contributed by atoms with Crippen LogP contribution in [-0.2, 0) is 16.2 Å². The maximum Gasteiger partial charge on any atom is 0.268 e. The second-order valence-corrected chi connectivity index (χ2v) is 9.27. The summed E-state index contributed by atoms with van der Waals surface area (Å²) < 4.78 is 28.7. The van der Waals surface area contributed by atoms with E-state index in [0.29, 0.717) is 22.0 Å². The van der Waals surface area contributed by atoms with Gasteiger partial charge in [0.2, 0.25) is 0 Å². The Labute approximate surface area is 192 Å². The quantitative estimate of drug-likeness (QED) is 0.528. The van der Waals surface area contributed by atoms with Gasteiger partial charge < -0.3 is 9.80 Å². The molecule has 2 aliphatic heterocycles. The topological polar surface area (TPSA) is 40.6 Å². The van der Waals surface area contributed by atoms with Crippen molar-refractivity contribution in [1.29, 1.82) is 0 Å². The summed E-state index contributed by atoms with van der Waals surface area (Å²) in [5.74, 6) is -1.69. The van der Waals surface area contributed by atoms with Crippen LogP contribution in [0.3, 0.4) is 0 Å². The molecule has 2 heterocycles. The van der Waals surface area contributed by atoms with E-state index in [1.807, 2.05) is 12.1 Å². The number of amides is 2. The Morgan fingerprint density at radius 2 is 1.81 bits per heavy atom. The van der Waals surface area contributed by atoms with Crippen molar-refractivity contribution in [3.8, 4) is 0 Å². The molecule has 2 amide bonds. The first-order valence-corrected chi connectivity index (χ1v) is 11.4. The van der Waals surface area contributed by atoms with E-state index >= 15 is 0 Å². The van der Waals surface area contributed by atoms with E-state index in [1.165, 1.54) is 51.9 Å². The normalized spacial score (nSPS) is 19.7. The van der Waals surface area contributed by atoms with Crippen molar-refractivity contribution in [3.63, 3.8) is 0 Å². The number of hydrogen-bond donors (Lipinski definition) is 0. The molecular weight excluding hydrogens is 454 g/mol. The summed E-state index contributed by atoms with van der Waals surface area (Å²) in [6.07, 6.45) is 0. The Bertz CT molecular complexity index is 1250. The maximum absolute atomic E-state index is 14.4. The van der Waals surface area contributed by atoms with Gasteiger partial charge in [0.15, 0.2) is 4.87 Å². The SMILES string of the molecule is O=C(c1ccccc1F)N1CCSC12C(=O)N(Cc1ccccc1Cl)c1ccc(F)cc12. The van der Waals surface area contributed by atoms with Crippen LogP contribution < -0.4 is 4.90 Å². The van der Waals surface area contributed by atoms with Gasteiger partial charge in [-0.1, -0.05) is 41.9 Å². The number of anilines is 1. The van der Waals surface area contributed by atoms with Crippen LogP contribution in [0.4, 0.5) is 14.5 Å². The van der Waals surface area contributed by atoms with Gasteiger partial charge in [-0.05, 0) is 42.0 Å². The molecule has 3 aromatic carbocycles. The summed E-state index contributed by atoms with van der Waals surface area (Å²) >= 11 is 7.58. The standard InChI is InChI=1S/C24H17ClF2N2O2S/c25-19-7-3-1-5-15(19)14-28-21-10-9-16(26)13-18(21)24(23(28)31)29(11-12-32-24)22(30)17-6-2-4-8-20(17)27/h1-10,13H,11-12,14H2. The van der Waals surface area contributed by atoms with Gasteiger partial charge in [0.1, 0.15) is 11.6 Å². The van der Waals surface area contributed by atoms with Crippen LogP contribution in [0, 0.1) is 11.6 Å². The summed E-state index contributed by atoms with van der Waals surface area (Å²) in [5, 5.41) is 0.503. The van der Waals surface area contributed by atoms with Crippen molar-refractivity contribution >= 4 is 40.9 Å². The van der Waals surface area contributed by atoms with Gasteiger partial charge in [-0.3, -0.25) is 9.59 Å². The van der Waals surface area contributed by atoms with Crippen molar-refractivity contribution in [2.24, 2.45) is 0 Å². The predicted octanol–water partition coefficient (Wildman–Crippen LogP) is 5.21. The van der Waals surface area contributed by atoms with Crippen molar-refractivity contribution in [3.05, 3.63) is 100 Å². The van der Waals surface area contributed by atoms with Crippen LogP contribution in [0.5, 0.6) is 0 Å². The van der Waals surface area contributed by atoms with Crippen LogP contribution in [-0.4, -0.2) is 29.0 Å². The molecule has 0 aliphatic carbocycles. The third-order valence-corrected chi connectivity index (χ3v) is 7.58. The molecule has 162 valence electrons. The molecule has 0 N–H and O–H groups in total. The Morgan fingerprint density at radius 1 is 1.06 bits per heavy atom. The highest BCUT2D eigenvalue weighted by Crippen LogP contribution is 2.55. The van der Waals surface area contributed by atoms with Gasteiger partial charge in [-0.25, -0.2) is 8.78 Å². The first kappa shape index (κ1) is 21.0. The van der Waals surface area contributed by atoms with Gasteiger partial charge in [-0.15, -0.1) is 11.8 Å². The highest BCUT2D eigenvalue weighted by molar-refractivity contribution is 8.01. The Hall–Kier alpha value is -2.90. The van der Waals surface area contributed by atoms with Gasteiger partial charge >= 0.3 is 0 Å². The van der Waals surface area contributed by atoms with Crippen LogP contribution >= 0.6 is 23.4 Å². The highest BCUT2D eigenvalue weighted by atomic mass is 35.5. The second-order valence-electron chi connectivity index (χ2n) is 7.57. The molecule has 0 bridgehead atoms. The van der Waals surface area contributed by atoms with Crippen LogP contribution in [0.15, 0.2) is 66.7 Å². The number of fused-ring (bicyclic) bond motifs is 2. The lowest BCUT2D eigenvalue weighted by Crippen LogP contribution is -2.50. The van der Waals surface area contributed by atoms with E-state index < -0.39 is 22.4 Å². The zero-order chi connectivity index (χ0) is 22.5. The lowest BCUT2D eigenvalue weighted by molar-refractivity contribution is -0.123. The Kier molecular flexibility index (Phi) is 5.18. The third kappa shape index (κ3) is 3.11. The van der Waals surface area contributed by atoms with E-state index in [4.69, 9.17) is 11.6 Å². The molecular formula is C24H17ClF2N2O2S. The van der Waals surface area contributed by atoms with E-state index in [2.05, 4.69) is 0 Å². The summed E-state index contributed by atoms with van der Waals surface area (Å²) in [5.41, 5.74) is 1.51. The summed E-state index contributed by atoms with van der Waals surface area (Å²) in [6.45, 7) is 0.403. The minimum atomic E-state index is -1.46. The molecule has 1 atom stereocenters. The number of halogens is 3. The third-order valence-electron chi connectivity index (χ3n) is 5.79. The van der Waals surface area contributed by atoms with Gasteiger partial charge in [0.25, 0.3) is 11.8 Å². The van der Waals surface area contributed by atoms with Crippen molar-refractivity contribution in [1.82, 2.24) is 4.90 Å². The molecule has 1 spiro atoms. The summed E-state index contributed by atoms with van der Waals surface area (Å²) in [7, 11) is 0. The largest absolute Gasteiger partial charge is 0.311 e. The Balaban J connectivity index is 1.63. The molecule has 32 heavy (non-hydrogen) atoms. The number of rotatable bonds is 3. The fourth-order valence-electron chi connectivity index (χ4n) is 4.32. The molecule has 0 saturated carbocycles. The monoisotopic (exact) mass is 470 g/mol. The van der Waals surface area contributed by atoms with Gasteiger partial charge in [0, 0.05) is 22.9 Å². The predicted molar refractivity (Wildman–Crippen MR) is 121 cm³/mol. The second kappa shape index (κ2) is 7.90. The molecule has 1 saturated heterocycles. The van der Waals surface area contributed by atoms with Gasteiger partial charge in [0.05, 0.1) is 17.8 Å². The van der Waals surface area contributed by atoms with E-state index in [-0.39, 0.29) is 24.6 Å². The number of thioether (sulfide) groups is 1. The van der Waals surface area contributed by atoms with Crippen LogP contribution in [0.2, 0.25) is 5.02 Å². The number of benzene rings is 3. The molecule has 2 aliphatic rings. The smallest absolute Gasteiger partial charge is 0.268 e. The maximum atomic E-state index is 14.4. The first-order valence-electron chi connectivity index (χ1n) is 9.99. The molecule has 4 nitrogen and oxygen atoms in total. The lowest BCUT2D eigenvalue weighted by atomic mass is 10.0. The average molecular weight is 471 g/mol. The number of carbonyl (C=O) groups is 2. The van der Waals surface area contributed by atoms with E-state index in [1.54, 1.807) is 24.3 Å². The number of carbonyl (C=O) groups excluding carboxylic acids is 2. The summed E-state index contributed by atoms with van der Waals surface area (Å²) in [4.78, 5) is 28.7. The fraction of sp³-hybridized carbons (Fsp3) is 0.167. The van der Waals surface area contributed by atoms with Crippen LogP contribution in [0.25, 0.3) is 0 Å². The number of hydrogen-bond acceptors (Lipinski definition) is 3. The lowest BCUT2D eigenvalue weighted by Gasteiger charge is -2.33. The van der Waals surface area contributed by atoms with E-state index in [9.17, 15) is 18.4 Å². The zero-order valence-electron chi connectivity index (χ0n) is 16.7. The summed E-state index contributed by atoms with van der Waals surface area (Å²) in [6, 6.07) is 16.9. The average Bonchev–Trinajstić information content (AvgIpc) is 3.32. The minimum absolute atomic E-state index is 0.121. The molecule has 1 fully saturated rings.